The zero-order chi connectivity index (χ0) is 16.4. The quantitative estimate of drug-likeness (QED) is 0.463. The second kappa shape index (κ2) is 7.01. The monoisotopic (exact) mass is 382 g/mol. The molecule has 2 aromatic heterocycles. The van der Waals surface area contributed by atoms with Crippen molar-refractivity contribution in [3.05, 3.63) is 55.0 Å². The van der Waals surface area contributed by atoms with E-state index in [1.165, 1.54) is 16.2 Å². The van der Waals surface area contributed by atoms with Crippen molar-refractivity contribution >= 4 is 68.1 Å². The third kappa shape index (κ3) is 3.58. The number of carbonyl (C=O) groups is 1. The van der Waals surface area contributed by atoms with Crippen LogP contribution in [0.15, 0.2) is 35.4 Å². The number of carbonyl (C=O) groups excluding carboxylic acids is 1. The highest BCUT2D eigenvalue weighted by Crippen LogP contribution is 2.36. The molecule has 0 saturated heterocycles. The Morgan fingerprint density at radius 3 is 2.83 bits per heavy atom. The molecule has 0 aliphatic carbocycles. The Kier molecular flexibility index (Phi) is 5.02. The summed E-state index contributed by atoms with van der Waals surface area (Å²) in [5, 5.41) is 5.87. The number of amides is 1. The van der Waals surface area contributed by atoms with Crippen LogP contribution in [0.25, 0.3) is 10.1 Å². The molecule has 0 atom stereocenters. The third-order valence-electron chi connectivity index (χ3n) is 3.19. The van der Waals surface area contributed by atoms with Gasteiger partial charge in [-0.05, 0) is 30.7 Å². The van der Waals surface area contributed by atoms with Crippen LogP contribution in [0.5, 0.6) is 0 Å². The van der Waals surface area contributed by atoms with Gasteiger partial charge in [0.25, 0.3) is 5.91 Å². The van der Waals surface area contributed by atoms with Gasteiger partial charge >= 0.3 is 0 Å². The number of rotatable bonds is 4. The number of hydrogen-bond acceptors (Lipinski definition) is 4. The summed E-state index contributed by atoms with van der Waals surface area (Å²) in [5.41, 5.74) is 2.52. The molecule has 0 radical (unpaired) electrons. The van der Waals surface area contributed by atoms with Gasteiger partial charge in [-0.25, -0.2) is 5.43 Å². The molecule has 0 unspecified atom stereocenters. The molecule has 0 saturated carbocycles. The van der Waals surface area contributed by atoms with Crippen molar-refractivity contribution in [2.45, 2.75) is 13.3 Å². The Balaban J connectivity index is 1.76. The molecule has 0 fully saturated rings. The Bertz CT molecular complexity index is 899. The third-order valence-corrected chi connectivity index (χ3v) is 6.24. The van der Waals surface area contributed by atoms with Crippen LogP contribution in [0.1, 0.15) is 26.3 Å². The maximum absolute atomic E-state index is 12.2. The van der Waals surface area contributed by atoms with Gasteiger partial charge in [0.05, 0.1) is 11.2 Å². The Morgan fingerprint density at radius 2 is 2.09 bits per heavy atom. The molecule has 1 aromatic carbocycles. The van der Waals surface area contributed by atoms with Crippen LogP contribution in [0, 0.1) is 0 Å². The molecule has 0 aliphatic heterocycles. The molecular weight excluding hydrogens is 371 g/mol. The topological polar surface area (TPSA) is 41.5 Å². The average Bonchev–Trinajstić information content (AvgIpc) is 3.12. The van der Waals surface area contributed by atoms with Crippen molar-refractivity contribution < 1.29 is 4.79 Å². The summed E-state index contributed by atoms with van der Waals surface area (Å²) in [6.45, 7) is 2.10. The van der Waals surface area contributed by atoms with E-state index in [4.69, 9.17) is 23.2 Å². The average molecular weight is 383 g/mol. The predicted molar refractivity (Wildman–Crippen MR) is 101 cm³/mol. The van der Waals surface area contributed by atoms with Crippen LogP contribution in [-0.2, 0) is 6.42 Å². The lowest BCUT2D eigenvalue weighted by atomic mass is 10.2. The Hall–Kier alpha value is -1.40. The maximum atomic E-state index is 12.2. The van der Waals surface area contributed by atoms with Crippen molar-refractivity contribution in [1.29, 1.82) is 0 Å². The molecule has 0 bridgehead atoms. The molecule has 0 spiro atoms. The molecule has 118 valence electrons. The number of fused-ring (bicyclic) bond motifs is 1. The van der Waals surface area contributed by atoms with Gasteiger partial charge in [0, 0.05) is 24.9 Å². The minimum atomic E-state index is -0.323. The highest BCUT2D eigenvalue weighted by atomic mass is 35.5. The van der Waals surface area contributed by atoms with E-state index in [1.54, 1.807) is 29.7 Å². The number of nitrogens with zero attached hydrogens (tertiary/aromatic N) is 1. The first-order valence-electron chi connectivity index (χ1n) is 6.88. The van der Waals surface area contributed by atoms with Crippen LogP contribution in [0.2, 0.25) is 10.0 Å². The van der Waals surface area contributed by atoms with E-state index in [-0.39, 0.29) is 5.91 Å². The van der Waals surface area contributed by atoms with E-state index in [1.807, 2.05) is 12.1 Å². The largest absolute Gasteiger partial charge is 0.283 e. The summed E-state index contributed by atoms with van der Waals surface area (Å²) >= 11 is 15.2. The maximum Gasteiger partial charge on any atom is 0.283 e. The van der Waals surface area contributed by atoms with Crippen molar-refractivity contribution in [3.8, 4) is 0 Å². The molecule has 3 nitrogen and oxygen atoms in total. The highest BCUT2D eigenvalue weighted by Gasteiger charge is 2.16. The Labute approximate surface area is 151 Å². The number of hydrazone groups is 1. The normalized spacial score (nSPS) is 11.4. The van der Waals surface area contributed by atoms with Gasteiger partial charge in [0.2, 0.25) is 0 Å². The summed E-state index contributed by atoms with van der Waals surface area (Å²) in [4.78, 5) is 15.0. The lowest BCUT2D eigenvalue weighted by Crippen LogP contribution is -2.16. The van der Waals surface area contributed by atoms with E-state index in [2.05, 4.69) is 23.5 Å². The van der Waals surface area contributed by atoms with Crippen LogP contribution in [-0.4, -0.2) is 12.1 Å². The van der Waals surface area contributed by atoms with E-state index in [0.717, 1.165) is 21.4 Å². The van der Waals surface area contributed by atoms with Crippen LogP contribution >= 0.6 is 45.9 Å². The van der Waals surface area contributed by atoms with Gasteiger partial charge in [-0.1, -0.05) is 36.2 Å². The summed E-state index contributed by atoms with van der Waals surface area (Å²) in [6, 6.07) is 9.40. The lowest BCUT2D eigenvalue weighted by Gasteiger charge is -1.96. The Morgan fingerprint density at radius 1 is 1.26 bits per heavy atom. The molecule has 1 amide bonds. The van der Waals surface area contributed by atoms with Crippen molar-refractivity contribution in [2.24, 2.45) is 5.10 Å². The van der Waals surface area contributed by atoms with E-state index < -0.39 is 0 Å². The summed E-state index contributed by atoms with van der Waals surface area (Å²) in [6.07, 6.45) is 2.63. The van der Waals surface area contributed by atoms with Crippen LogP contribution in [0.4, 0.5) is 0 Å². The first-order chi connectivity index (χ1) is 11.1. The van der Waals surface area contributed by atoms with E-state index in [0.29, 0.717) is 14.9 Å². The minimum absolute atomic E-state index is 0.323. The number of nitrogens with one attached hydrogen (secondary N) is 1. The zero-order valence-electron chi connectivity index (χ0n) is 12.1. The van der Waals surface area contributed by atoms with Crippen molar-refractivity contribution in [1.82, 2.24) is 5.43 Å². The number of hydrogen-bond donors (Lipinski definition) is 1. The van der Waals surface area contributed by atoms with Gasteiger partial charge < -0.3 is 0 Å². The second-order valence-electron chi connectivity index (χ2n) is 4.74. The predicted octanol–water partition coefficient (Wildman–Crippen LogP) is 5.60. The minimum Gasteiger partial charge on any atom is -0.266 e. The molecule has 3 rings (SSSR count). The zero-order valence-corrected chi connectivity index (χ0v) is 15.2. The standard InChI is InChI=1S/C16H12Cl2N2OS2/c1-2-10-4-5-11(22-10)8-19-20-16(21)15-14(18)12-6-3-9(17)7-13(12)23-15/h3-8H,2H2,1H3,(H,20,21). The van der Waals surface area contributed by atoms with Gasteiger partial charge in [-0.3, -0.25) is 4.79 Å². The number of aryl methyl sites for hydroxylation is 1. The SMILES string of the molecule is CCc1ccc(C=NNC(=O)c2sc3cc(Cl)ccc3c2Cl)s1. The highest BCUT2D eigenvalue weighted by molar-refractivity contribution is 7.21. The fourth-order valence-corrected chi connectivity index (χ4v) is 4.55. The fourth-order valence-electron chi connectivity index (χ4n) is 2.04. The molecule has 23 heavy (non-hydrogen) atoms. The van der Waals surface area contributed by atoms with Gasteiger partial charge in [0.15, 0.2) is 0 Å². The molecule has 7 heteroatoms. The molecular formula is C16H12Cl2N2OS2. The number of thiophene rings is 2. The molecule has 1 N–H and O–H groups in total. The van der Waals surface area contributed by atoms with Gasteiger partial charge in [-0.2, -0.15) is 5.10 Å². The summed E-state index contributed by atoms with van der Waals surface area (Å²) in [5.74, 6) is -0.323. The van der Waals surface area contributed by atoms with Gasteiger partial charge in [0.1, 0.15) is 4.88 Å². The van der Waals surface area contributed by atoms with Crippen LogP contribution in [0.3, 0.4) is 0 Å². The second-order valence-corrected chi connectivity index (χ2v) is 7.81. The van der Waals surface area contributed by atoms with E-state index >= 15 is 0 Å². The molecule has 0 aliphatic rings. The number of benzene rings is 1. The van der Waals surface area contributed by atoms with Crippen molar-refractivity contribution in [2.75, 3.05) is 0 Å². The lowest BCUT2D eigenvalue weighted by molar-refractivity contribution is 0.0959. The van der Waals surface area contributed by atoms with Crippen LogP contribution < -0.4 is 5.43 Å². The molecule has 3 aromatic rings. The first-order valence-corrected chi connectivity index (χ1v) is 9.27. The first kappa shape index (κ1) is 16.5. The van der Waals surface area contributed by atoms with E-state index in [9.17, 15) is 4.79 Å². The smallest absolute Gasteiger partial charge is 0.266 e. The van der Waals surface area contributed by atoms with Crippen molar-refractivity contribution in [3.63, 3.8) is 0 Å². The summed E-state index contributed by atoms with van der Waals surface area (Å²) in [7, 11) is 0. The van der Waals surface area contributed by atoms with Gasteiger partial charge in [-0.15, -0.1) is 22.7 Å². The molecule has 2 heterocycles. The number of halogens is 2. The fraction of sp³-hybridized carbons (Fsp3) is 0.125. The summed E-state index contributed by atoms with van der Waals surface area (Å²) < 4.78 is 0.877.